The van der Waals surface area contributed by atoms with E-state index in [0.29, 0.717) is 6.04 Å². The van der Waals surface area contributed by atoms with Gasteiger partial charge in [-0.2, -0.15) is 0 Å². The van der Waals surface area contributed by atoms with Crippen molar-refractivity contribution in [2.45, 2.75) is 32.4 Å². The number of benzene rings is 1. The summed E-state index contributed by atoms with van der Waals surface area (Å²) >= 11 is 0. The van der Waals surface area contributed by atoms with Gasteiger partial charge in [-0.25, -0.2) is 0 Å². The van der Waals surface area contributed by atoms with E-state index in [2.05, 4.69) is 34.1 Å². The van der Waals surface area contributed by atoms with Gasteiger partial charge in [0.1, 0.15) is 0 Å². The highest BCUT2D eigenvalue weighted by Gasteiger charge is 2.25. The lowest BCUT2D eigenvalue weighted by atomic mass is 10.0. The summed E-state index contributed by atoms with van der Waals surface area (Å²) in [6, 6.07) is 10.8. The van der Waals surface area contributed by atoms with Gasteiger partial charge in [-0.15, -0.1) is 0 Å². The summed E-state index contributed by atoms with van der Waals surface area (Å²) in [6.45, 7) is 6.03. The molecule has 1 aliphatic rings. The molecular weight excluding hydrogens is 252 g/mol. The first-order chi connectivity index (χ1) is 9.69. The van der Waals surface area contributed by atoms with E-state index in [1.54, 1.807) is 0 Å². The number of rotatable bonds is 6. The SMILES string of the molecule is CCN(CC(=O)O)[C@@H]1CCCN(Cc2ccccc2)C1. The molecule has 0 radical (unpaired) electrons. The molecule has 0 saturated carbocycles. The van der Waals surface area contributed by atoms with Gasteiger partial charge in [0, 0.05) is 19.1 Å². The van der Waals surface area contributed by atoms with Crippen LogP contribution in [0.15, 0.2) is 30.3 Å². The molecule has 0 spiro atoms. The molecule has 1 N–H and O–H groups in total. The molecule has 1 saturated heterocycles. The molecule has 0 amide bonds. The maximum Gasteiger partial charge on any atom is 0.317 e. The molecule has 1 heterocycles. The Kier molecular flexibility index (Phi) is 5.56. The number of likely N-dealkylation sites (N-methyl/N-ethyl adjacent to an activating group) is 1. The Balaban J connectivity index is 1.92. The summed E-state index contributed by atoms with van der Waals surface area (Å²) in [5.41, 5.74) is 1.33. The van der Waals surface area contributed by atoms with Crippen molar-refractivity contribution in [2.75, 3.05) is 26.2 Å². The van der Waals surface area contributed by atoms with Crippen LogP contribution in [0.1, 0.15) is 25.3 Å². The lowest BCUT2D eigenvalue weighted by Crippen LogP contribution is -2.49. The van der Waals surface area contributed by atoms with E-state index in [4.69, 9.17) is 5.11 Å². The van der Waals surface area contributed by atoms with Gasteiger partial charge in [0.25, 0.3) is 0 Å². The molecule has 20 heavy (non-hydrogen) atoms. The number of carboxylic acids is 1. The van der Waals surface area contributed by atoms with E-state index < -0.39 is 5.97 Å². The monoisotopic (exact) mass is 276 g/mol. The number of nitrogens with zero attached hydrogens (tertiary/aromatic N) is 2. The second-order valence-electron chi connectivity index (χ2n) is 5.47. The zero-order valence-electron chi connectivity index (χ0n) is 12.2. The number of aliphatic carboxylic acids is 1. The molecule has 4 nitrogen and oxygen atoms in total. The van der Waals surface area contributed by atoms with Crippen molar-refractivity contribution in [1.82, 2.24) is 9.80 Å². The zero-order valence-corrected chi connectivity index (χ0v) is 12.2. The molecule has 1 fully saturated rings. The third kappa shape index (κ3) is 4.32. The van der Waals surface area contributed by atoms with Crippen molar-refractivity contribution in [3.63, 3.8) is 0 Å². The van der Waals surface area contributed by atoms with E-state index in [9.17, 15) is 4.79 Å². The summed E-state index contributed by atoms with van der Waals surface area (Å²) in [4.78, 5) is 15.4. The molecule has 110 valence electrons. The number of hydrogen-bond donors (Lipinski definition) is 1. The van der Waals surface area contributed by atoms with Crippen molar-refractivity contribution in [3.05, 3.63) is 35.9 Å². The van der Waals surface area contributed by atoms with Gasteiger partial charge in [-0.05, 0) is 31.5 Å². The molecule has 0 bridgehead atoms. The fourth-order valence-corrected chi connectivity index (χ4v) is 2.99. The van der Waals surface area contributed by atoms with E-state index in [0.717, 1.165) is 39.0 Å². The van der Waals surface area contributed by atoms with Crippen LogP contribution in [0, 0.1) is 0 Å². The second-order valence-corrected chi connectivity index (χ2v) is 5.47. The van der Waals surface area contributed by atoms with Crippen LogP contribution >= 0.6 is 0 Å². The predicted octanol–water partition coefficient (Wildman–Crippen LogP) is 2.06. The average Bonchev–Trinajstić information content (AvgIpc) is 2.46. The van der Waals surface area contributed by atoms with Gasteiger partial charge >= 0.3 is 5.97 Å². The van der Waals surface area contributed by atoms with E-state index in [1.807, 2.05) is 13.0 Å². The second kappa shape index (κ2) is 7.41. The topological polar surface area (TPSA) is 43.8 Å². The van der Waals surface area contributed by atoms with Crippen LogP contribution in [0.3, 0.4) is 0 Å². The standard InChI is InChI=1S/C16H24N2O2/c1-2-18(13-16(19)20)15-9-6-10-17(12-15)11-14-7-4-3-5-8-14/h3-5,7-8,15H,2,6,9-13H2,1H3,(H,19,20)/t15-/m1/s1. The van der Waals surface area contributed by atoms with E-state index >= 15 is 0 Å². The van der Waals surface area contributed by atoms with Gasteiger partial charge < -0.3 is 5.11 Å². The zero-order chi connectivity index (χ0) is 14.4. The number of carboxylic acid groups (broad SMARTS) is 1. The number of piperidine rings is 1. The molecule has 1 aromatic rings. The van der Waals surface area contributed by atoms with Crippen LogP contribution in [-0.4, -0.2) is 53.1 Å². The molecule has 1 atom stereocenters. The highest BCUT2D eigenvalue weighted by Crippen LogP contribution is 2.17. The fourth-order valence-electron chi connectivity index (χ4n) is 2.99. The molecule has 2 rings (SSSR count). The summed E-state index contributed by atoms with van der Waals surface area (Å²) in [5, 5.41) is 8.99. The Labute approximate surface area is 121 Å². The third-order valence-corrected chi connectivity index (χ3v) is 3.99. The summed E-state index contributed by atoms with van der Waals surface area (Å²) in [5.74, 6) is -0.730. The molecule has 1 aromatic carbocycles. The largest absolute Gasteiger partial charge is 0.480 e. The number of carbonyl (C=O) groups is 1. The van der Waals surface area contributed by atoms with Crippen molar-refractivity contribution in [1.29, 1.82) is 0 Å². The first kappa shape index (κ1) is 15.0. The number of likely N-dealkylation sites (tertiary alicyclic amines) is 1. The maximum atomic E-state index is 10.9. The average molecular weight is 276 g/mol. The van der Waals surface area contributed by atoms with Crippen molar-refractivity contribution < 1.29 is 9.90 Å². The Morgan fingerprint density at radius 3 is 2.80 bits per heavy atom. The minimum atomic E-state index is -0.730. The quantitative estimate of drug-likeness (QED) is 0.863. The van der Waals surface area contributed by atoms with Crippen molar-refractivity contribution in [2.24, 2.45) is 0 Å². The van der Waals surface area contributed by atoms with E-state index in [-0.39, 0.29) is 6.54 Å². The summed E-state index contributed by atoms with van der Waals surface area (Å²) in [7, 11) is 0. The van der Waals surface area contributed by atoms with Gasteiger partial charge in [0.2, 0.25) is 0 Å². The minimum absolute atomic E-state index is 0.153. The minimum Gasteiger partial charge on any atom is -0.480 e. The Hall–Kier alpha value is -1.39. The summed E-state index contributed by atoms with van der Waals surface area (Å²) < 4.78 is 0. The van der Waals surface area contributed by atoms with Gasteiger partial charge in [0.05, 0.1) is 6.54 Å². The van der Waals surface area contributed by atoms with Crippen molar-refractivity contribution in [3.8, 4) is 0 Å². The van der Waals surface area contributed by atoms with Crippen LogP contribution in [-0.2, 0) is 11.3 Å². The van der Waals surface area contributed by atoms with Crippen LogP contribution in [0.4, 0.5) is 0 Å². The number of hydrogen-bond acceptors (Lipinski definition) is 3. The Bertz CT molecular complexity index is 422. The fraction of sp³-hybridized carbons (Fsp3) is 0.562. The van der Waals surface area contributed by atoms with Gasteiger partial charge in [0.15, 0.2) is 0 Å². The van der Waals surface area contributed by atoms with Crippen LogP contribution in [0.2, 0.25) is 0 Å². The highest BCUT2D eigenvalue weighted by atomic mass is 16.4. The predicted molar refractivity (Wildman–Crippen MR) is 79.6 cm³/mol. The van der Waals surface area contributed by atoms with Gasteiger partial charge in [-0.3, -0.25) is 14.6 Å². The normalized spacial score (nSPS) is 20.2. The van der Waals surface area contributed by atoms with Crippen LogP contribution in [0.25, 0.3) is 0 Å². The first-order valence-electron chi connectivity index (χ1n) is 7.41. The maximum absolute atomic E-state index is 10.9. The van der Waals surface area contributed by atoms with Crippen LogP contribution < -0.4 is 0 Å². The Morgan fingerprint density at radius 1 is 1.40 bits per heavy atom. The molecule has 4 heteroatoms. The Morgan fingerprint density at radius 2 is 2.15 bits per heavy atom. The molecule has 0 aliphatic carbocycles. The lowest BCUT2D eigenvalue weighted by molar-refractivity contribution is -0.139. The molecule has 0 aromatic heterocycles. The molecule has 1 aliphatic heterocycles. The van der Waals surface area contributed by atoms with Crippen LogP contribution in [0.5, 0.6) is 0 Å². The molecule has 0 unspecified atom stereocenters. The van der Waals surface area contributed by atoms with Gasteiger partial charge in [-0.1, -0.05) is 37.3 Å². The third-order valence-electron chi connectivity index (χ3n) is 3.99. The smallest absolute Gasteiger partial charge is 0.317 e. The summed E-state index contributed by atoms with van der Waals surface area (Å²) in [6.07, 6.45) is 2.25. The lowest BCUT2D eigenvalue weighted by Gasteiger charge is -2.38. The first-order valence-corrected chi connectivity index (χ1v) is 7.41. The highest BCUT2D eigenvalue weighted by molar-refractivity contribution is 5.69. The molecular formula is C16H24N2O2. The van der Waals surface area contributed by atoms with Crippen molar-refractivity contribution >= 4 is 5.97 Å². The van der Waals surface area contributed by atoms with E-state index in [1.165, 1.54) is 5.56 Å².